The SMILES string of the molecule is Cc1cccnc1NC(=O)C1CCCN(C(=O)C(Sc2ccccc2)C(C)C)C1. The predicted molar refractivity (Wildman–Crippen MR) is 118 cm³/mol. The van der Waals surface area contributed by atoms with E-state index in [4.69, 9.17) is 0 Å². The smallest absolute Gasteiger partial charge is 0.236 e. The molecule has 0 saturated carbocycles. The third-order valence-corrected chi connectivity index (χ3v) is 6.75. The lowest BCUT2D eigenvalue weighted by atomic mass is 9.96. The molecule has 29 heavy (non-hydrogen) atoms. The Bertz CT molecular complexity index is 841. The van der Waals surface area contributed by atoms with Crippen molar-refractivity contribution in [3.05, 3.63) is 54.2 Å². The van der Waals surface area contributed by atoms with E-state index in [1.54, 1.807) is 18.0 Å². The molecule has 2 atom stereocenters. The lowest BCUT2D eigenvalue weighted by Gasteiger charge is -2.35. The summed E-state index contributed by atoms with van der Waals surface area (Å²) in [5.74, 6) is 0.670. The highest BCUT2D eigenvalue weighted by Crippen LogP contribution is 2.31. The molecular formula is C23H29N3O2S. The van der Waals surface area contributed by atoms with E-state index in [0.29, 0.717) is 18.9 Å². The van der Waals surface area contributed by atoms with Crippen molar-refractivity contribution in [3.63, 3.8) is 0 Å². The topological polar surface area (TPSA) is 62.3 Å². The number of nitrogens with one attached hydrogen (secondary N) is 1. The molecule has 0 radical (unpaired) electrons. The summed E-state index contributed by atoms with van der Waals surface area (Å²) in [4.78, 5) is 33.3. The summed E-state index contributed by atoms with van der Waals surface area (Å²) >= 11 is 1.61. The fourth-order valence-electron chi connectivity index (χ4n) is 3.52. The number of pyridine rings is 1. The number of anilines is 1. The molecule has 1 aromatic heterocycles. The Morgan fingerprint density at radius 2 is 1.93 bits per heavy atom. The van der Waals surface area contributed by atoms with E-state index in [-0.39, 0.29) is 28.9 Å². The van der Waals surface area contributed by atoms with Gasteiger partial charge in [0.1, 0.15) is 5.82 Å². The van der Waals surface area contributed by atoms with Gasteiger partial charge in [-0.05, 0) is 49.4 Å². The fraction of sp³-hybridized carbons (Fsp3) is 0.435. The number of aryl methyl sites for hydroxylation is 1. The zero-order valence-corrected chi connectivity index (χ0v) is 18.1. The number of nitrogens with zero attached hydrogens (tertiary/aromatic N) is 2. The Balaban J connectivity index is 1.66. The first-order valence-corrected chi connectivity index (χ1v) is 11.1. The van der Waals surface area contributed by atoms with Crippen LogP contribution in [0.5, 0.6) is 0 Å². The van der Waals surface area contributed by atoms with Crippen LogP contribution in [0.1, 0.15) is 32.3 Å². The highest BCUT2D eigenvalue weighted by molar-refractivity contribution is 8.00. The molecule has 3 rings (SSSR count). The average molecular weight is 412 g/mol. The number of hydrogen-bond acceptors (Lipinski definition) is 4. The number of benzene rings is 1. The molecule has 2 amide bonds. The van der Waals surface area contributed by atoms with Crippen molar-refractivity contribution in [3.8, 4) is 0 Å². The van der Waals surface area contributed by atoms with Gasteiger partial charge in [0, 0.05) is 24.2 Å². The van der Waals surface area contributed by atoms with Gasteiger partial charge in [-0.2, -0.15) is 0 Å². The molecule has 1 aliphatic heterocycles. The molecular weight excluding hydrogens is 382 g/mol. The first-order valence-electron chi connectivity index (χ1n) is 10.2. The molecule has 1 saturated heterocycles. The molecule has 1 aliphatic rings. The number of carbonyl (C=O) groups excluding carboxylic acids is 2. The van der Waals surface area contributed by atoms with Crippen molar-refractivity contribution in [1.29, 1.82) is 0 Å². The van der Waals surface area contributed by atoms with Gasteiger partial charge in [-0.25, -0.2) is 4.98 Å². The van der Waals surface area contributed by atoms with Crippen LogP contribution in [0.3, 0.4) is 0 Å². The molecule has 2 unspecified atom stereocenters. The van der Waals surface area contributed by atoms with E-state index >= 15 is 0 Å². The third-order valence-electron chi connectivity index (χ3n) is 5.21. The number of piperidine rings is 1. The van der Waals surface area contributed by atoms with Crippen LogP contribution in [-0.2, 0) is 9.59 Å². The Morgan fingerprint density at radius 3 is 2.62 bits per heavy atom. The van der Waals surface area contributed by atoms with Gasteiger partial charge in [0.15, 0.2) is 0 Å². The number of amides is 2. The van der Waals surface area contributed by atoms with Crippen LogP contribution in [0, 0.1) is 18.8 Å². The summed E-state index contributed by atoms with van der Waals surface area (Å²) < 4.78 is 0. The first-order chi connectivity index (χ1) is 14.0. The number of thioether (sulfide) groups is 1. The monoisotopic (exact) mass is 411 g/mol. The van der Waals surface area contributed by atoms with E-state index in [1.165, 1.54) is 0 Å². The quantitative estimate of drug-likeness (QED) is 0.717. The van der Waals surface area contributed by atoms with E-state index in [9.17, 15) is 9.59 Å². The van der Waals surface area contributed by atoms with E-state index < -0.39 is 0 Å². The predicted octanol–water partition coefficient (Wildman–Crippen LogP) is 4.38. The first kappa shape index (κ1) is 21.4. The maximum absolute atomic E-state index is 13.3. The number of likely N-dealkylation sites (tertiary alicyclic amines) is 1. The minimum absolute atomic E-state index is 0.0545. The number of rotatable bonds is 6. The molecule has 2 aromatic rings. The van der Waals surface area contributed by atoms with Gasteiger partial charge in [0.25, 0.3) is 0 Å². The molecule has 154 valence electrons. The van der Waals surface area contributed by atoms with E-state index in [0.717, 1.165) is 23.3 Å². The maximum atomic E-state index is 13.3. The van der Waals surface area contributed by atoms with Crippen molar-refractivity contribution in [2.45, 2.75) is 43.8 Å². The van der Waals surface area contributed by atoms with Crippen LogP contribution in [-0.4, -0.2) is 40.0 Å². The summed E-state index contributed by atoms with van der Waals surface area (Å²) in [6.07, 6.45) is 3.30. The second-order valence-corrected chi connectivity index (χ2v) is 9.09. The maximum Gasteiger partial charge on any atom is 0.236 e. The Morgan fingerprint density at radius 1 is 1.17 bits per heavy atom. The van der Waals surface area contributed by atoms with Gasteiger partial charge in [-0.15, -0.1) is 11.8 Å². The second kappa shape index (κ2) is 9.92. The number of aromatic nitrogens is 1. The van der Waals surface area contributed by atoms with Crippen molar-refractivity contribution in [1.82, 2.24) is 9.88 Å². The van der Waals surface area contributed by atoms with Crippen LogP contribution in [0.2, 0.25) is 0 Å². The third kappa shape index (κ3) is 5.60. The molecule has 1 fully saturated rings. The Labute approximate surface area is 177 Å². The van der Waals surface area contributed by atoms with Crippen LogP contribution >= 0.6 is 11.8 Å². The summed E-state index contributed by atoms with van der Waals surface area (Å²) in [6.45, 7) is 7.26. The van der Waals surface area contributed by atoms with Crippen LogP contribution < -0.4 is 5.32 Å². The summed E-state index contributed by atoms with van der Waals surface area (Å²) in [5, 5.41) is 2.78. The minimum Gasteiger partial charge on any atom is -0.341 e. The largest absolute Gasteiger partial charge is 0.341 e. The minimum atomic E-state index is -0.205. The van der Waals surface area contributed by atoms with Gasteiger partial charge < -0.3 is 10.2 Å². The molecule has 5 nitrogen and oxygen atoms in total. The fourth-order valence-corrected chi connectivity index (χ4v) is 4.65. The summed E-state index contributed by atoms with van der Waals surface area (Å²) in [7, 11) is 0. The molecule has 1 aromatic carbocycles. The lowest BCUT2D eigenvalue weighted by Crippen LogP contribution is -2.47. The normalized spacial score (nSPS) is 17.8. The second-order valence-electron chi connectivity index (χ2n) is 7.88. The van der Waals surface area contributed by atoms with Crippen molar-refractivity contribution in [2.75, 3.05) is 18.4 Å². The van der Waals surface area contributed by atoms with E-state index in [1.807, 2.05) is 54.3 Å². The molecule has 2 heterocycles. The molecule has 0 aliphatic carbocycles. The van der Waals surface area contributed by atoms with Crippen molar-refractivity contribution in [2.24, 2.45) is 11.8 Å². The Kier molecular flexibility index (Phi) is 7.31. The zero-order valence-electron chi connectivity index (χ0n) is 17.3. The van der Waals surface area contributed by atoms with Crippen molar-refractivity contribution >= 4 is 29.4 Å². The molecule has 1 N–H and O–H groups in total. The molecule has 0 spiro atoms. The van der Waals surface area contributed by atoms with Gasteiger partial charge in [-0.3, -0.25) is 9.59 Å². The number of carbonyl (C=O) groups is 2. The van der Waals surface area contributed by atoms with Gasteiger partial charge in [-0.1, -0.05) is 38.1 Å². The summed E-state index contributed by atoms with van der Waals surface area (Å²) in [5.41, 5.74) is 0.934. The van der Waals surface area contributed by atoms with Crippen LogP contribution in [0.4, 0.5) is 5.82 Å². The van der Waals surface area contributed by atoms with Crippen LogP contribution in [0.25, 0.3) is 0 Å². The molecule has 0 bridgehead atoms. The average Bonchev–Trinajstić information content (AvgIpc) is 2.74. The van der Waals surface area contributed by atoms with Gasteiger partial charge in [0.05, 0.1) is 11.2 Å². The molecule has 6 heteroatoms. The highest BCUT2D eigenvalue weighted by atomic mass is 32.2. The summed E-state index contributed by atoms with van der Waals surface area (Å²) in [6, 6.07) is 13.8. The zero-order chi connectivity index (χ0) is 20.8. The standard InChI is InChI=1S/C23H29N3O2S/c1-16(2)20(29-19-11-5-4-6-12-19)23(28)26-14-8-10-18(15-26)22(27)25-21-17(3)9-7-13-24-21/h4-7,9,11-13,16,18,20H,8,10,14-15H2,1-3H3,(H,24,25,27). The van der Waals surface area contributed by atoms with Gasteiger partial charge >= 0.3 is 0 Å². The highest BCUT2D eigenvalue weighted by Gasteiger charge is 2.33. The van der Waals surface area contributed by atoms with Crippen molar-refractivity contribution < 1.29 is 9.59 Å². The van der Waals surface area contributed by atoms with Crippen LogP contribution in [0.15, 0.2) is 53.6 Å². The Hall–Kier alpha value is -2.34. The number of hydrogen-bond donors (Lipinski definition) is 1. The van der Waals surface area contributed by atoms with E-state index in [2.05, 4.69) is 24.1 Å². The van der Waals surface area contributed by atoms with Gasteiger partial charge in [0.2, 0.25) is 11.8 Å². The lowest BCUT2D eigenvalue weighted by molar-refractivity contribution is -0.134.